The number of rotatable bonds is 11. The summed E-state index contributed by atoms with van der Waals surface area (Å²) in [5.41, 5.74) is 0.996. The van der Waals surface area contributed by atoms with Gasteiger partial charge < -0.3 is 13.8 Å². The van der Waals surface area contributed by atoms with Gasteiger partial charge in [-0.25, -0.2) is 4.39 Å². The van der Waals surface area contributed by atoms with Crippen LogP contribution in [0.1, 0.15) is 46.1 Å². The van der Waals surface area contributed by atoms with Gasteiger partial charge in [0.1, 0.15) is 16.5 Å². The van der Waals surface area contributed by atoms with E-state index in [-0.39, 0.29) is 27.9 Å². The number of ether oxygens (including phenoxy) is 1. The molecular weight excluding hydrogens is 445 g/mol. The van der Waals surface area contributed by atoms with Crippen LogP contribution in [0.15, 0.2) is 53.4 Å². The van der Waals surface area contributed by atoms with E-state index in [2.05, 4.69) is 27.7 Å². The smallest absolute Gasteiger partial charge is 0.339 e. The minimum absolute atomic E-state index is 0.0583. The summed E-state index contributed by atoms with van der Waals surface area (Å²) in [7, 11) is -2.47. The normalized spacial score (nSPS) is 12.9. The molecule has 33 heavy (non-hydrogen) atoms. The van der Waals surface area contributed by atoms with Crippen molar-refractivity contribution in [2.45, 2.75) is 52.0 Å². The number of nitrogens with zero attached hydrogens (tertiary/aromatic N) is 1. The standard InChI is InChI=1S/C25H34FNO5S/c1-19(17-25(2,3)4)16-24(28)27(14-15-31-5)18-20-6-10-22(11-7-20)32-33(29,30)23-12-8-21(26)9-13-23/h6-13,19H,14-18H2,1-5H3. The average Bonchev–Trinajstić information content (AvgIpc) is 2.71. The quantitative estimate of drug-likeness (QED) is 0.423. The van der Waals surface area contributed by atoms with Crippen LogP contribution in [0.25, 0.3) is 0 Å². The summed E-state index contributed by atoms with van der Waals surface area (Å²) in [6.07, 6.45) is 1.41. The van der Waals surface area contributed by atoms with Crippen molar-refractivity contribution in [1.29, 1.82) is 0 Å². The first-order valence-electron chi connectivity index (χ1n) is 11.0. The van der Waals surface area contributed by atoms with Crippen LogP contribution in [0.4, 0.5) is 4.39 Å². The largest absolute Gasteiger partial charge is 0.383 e. The molecule has 0 saturated heterocycles. The molecule has 0 radical (unpaired) electrons. The number of hydrogen-bond acceptors (Lipinski definition) is 5. The highest BCUT2D eigenvalue weighted by atomic mass is 32.2. The maximum atomic E-state index is 13.1. The van der Waals surface area contributed by atoms with Crippen LogP contribution in [0.3, 0.4) is 0 Å². The van der Waals surface area contributed by atoms with Crippen LogP contribution in [-0.2, 0) is 26.2 Å². The number of carbonyl (C=O) groups is 1. The molecule has 8 heteroatoms. The number of amides is 1. The second kappa shape index (κ2) is 11.6. The Morgan fingerprint density at radius 3 is 2.21 bits per heavy atom. The van der Waals surface area contributed by atoms with Crippen molar-refractivity contribution in [3.8, 4) is 5.75 Å². The number of benzene rings is 2. The zero-order valence-electron chi connectivity index (χ0n) is 20.0. The Hall–Kier alpha value is -2.45. The first kappa shape index (κ1) is 26.8. The summed E-state index contributed by atoms with van der Waals surface area (Å²) in [6, 6.07) is 11.0. The van der Waals surface area contributed by atoms with E-state index in [9.17, 15) is 17.6 Å². The number of carbonyl (C=O) groups excluding carboxylic acids is 1. The molecule has 0 bridgehead atoms. The molecule has 2 rings (SSSR count). The van der Waals surface area contributed by atoms with Crippen LogP contribution >= 0.6 is 0 Å². The van der Waals surface area contributed by atoms with Crippen molar-refractivity contribution in [1.82, 2.24) is 4.90 Å². The zero-order valence-corrected chi connectivity index (χ0v) is 20.8. The Bertz CT molecular complexity index is 999. The molecule has 0 aliphatic carbocycles. The maximum Gasteiger partial charge on any atom is 0.339 e. The molecule has 0 aromatic heterocycles. The summed E-state index contributed by atoms with van der Waals surface area (Å²) in [4.78, 5) is 14.6. The SMILES string of the molecule is COCCN(Cc1ccc(OS(=O)(=O)c2ccc(F)cc2)cc1)C(=O)CC(C)CC(C)(C)C. The summed E-state index contributed by atoms with van der Waals surface area (Å²) < 4.78 is 48.1. The molecule has 1 amide bonds. The number of halogens is 1. The molecule has 6 nitrogen and oxygen atoms in total. The predicted octanol–water partition coefficient (Wildman–Crippen LogP) is 5.03. The lowest BCUT2D eigenvalue weighted by Gasteiger charge is -2.27. The minimum atomic E-state index is -4.07. The maximum absolute atomic E-state index is 13.1. The van der Waals surface area contributed by atoms with E-state index in [0.717, 1.165) is 36.2 Å². The lowest BCUT2D eigenvalue weighted by atomic mass is 9.84. The third kappa shape index (κ3) is 9.14. The van der Waals surface area contributed by atoms with Gasteiger partial charge >= 0.3 is 10.1 Å². The number of methoxy groups -OCH3 is 1. The lowest BCUT2D eigenvalue weighted by molar-refractivity contribution is -0.133. The van der Waals surface area contributed by atoms with Gasteiger partial charge in [0.2, 0.25) is 5.91 Å². The molecular formula is C25H34FNO5S. The van der Waals surface area contributed by atoms with Gasteiger partial charge in [0.25, 0.3) is 0 Å². The van der Waals surface area contributed by atoms with Gasteiger partial charge in [-0.1, -0.05) is 39.8 Å². The fourth-order valence-electron chi connectivity index (χ4n) is 3.69. The van der Waals surface area contributed by atoms with Gasteiger partial charge in [0, 0.05) is 26.6 Å². The van der Waals surface area contributed by atoms with Crippen molar-refractivity contribution in [2.75, 3.05) is 20.3 Å². The highest BCUT2D eigenvalue weighted by Crippen LogP contribution is 2.27. The van der Waals surface area contributed by atoms with Crippen LogP contribution in [0.2, 0.25) is 0 Å². The predicted molar refractivity (Wildman–Crippen MR) is 126 cm³/mol. The van der Waals surface area contributed by atoms with Crippen molar-refractivity contribution < 1.29 is 26.5 Å². The Kier molecular flexibility index (Phi) is 9.43. The molecule has 182 valence electrons. The van der Waals surface area contributed by atoms with E-state index in [1.54, 1.807) is 24.1 Å². The first-order chi connectivity index (χ1) is 15.4. The number of hydrogen-bond donors (Lipinski definition) is 0. The average molecular weight is 480 g/mol. The van der Waals surface area contributed by atoms with E-state index in [0.29, 0.717) is 26.1 Å². The summed E-state index contributed by atoms with van der Waals surface area (Å²) in [5, 5.41) is 0. The third-order valence-corrected chi connectivity index (χ3v) is 6.27. The van der Waals surface area contributed by atoms with Gasteiger partial charge in [-0.05, 0) is 59.7 Å². The second-order valence-electron chi connectivity index (χ2n) is 9.52. The van der Waals surface area contributed by atoms with Crippen LogP contribution in [-0.4, -0.2) is 39.5 Å². The van der Waals surface area contributed by atoms with Crippen molar-refractivity contribution in [2.24, 2.45) is 11.3 Å². The monoisotopic (exact) mass is 479 g/mol. The minimum Gasteiger partial charge on any atom is -0.383 e. The fraction of sp³-hybridized carbons (Fsp3) is 0.480. The summed E-state index contributed by atoms with van der Waals surface area (Å²) >= 11 is 0. The van der Waals surface area contributed by atoms with E-state index in [4.69, 9.17) is 8.92 Å². The van der Waals surface area contributed by atoms with Gasteiger partial charge in [-0.2, -0.15) is 8.42 Å². The van der Waals surface area contributed by atoms with Gasteiger partial charge in [0.15, 0.2) is 0 Å². The van der Waals surface area contributed by atoms with Crippen molar-refractivity contribution in [3.05, 3.63) is 59.9 Å². The zero-order chi connectivity index (χ0) is 24.6. The molecule has 0 saturated carbocycles. The summed E-state index contributed by atoms with van der Waals surface area (Å²) in [6.45, 7) is 9.86. The van der Waals surface area contributed by atoms with E-state index < -0.39 is 15.9 Å². The molecule has 2 aromatic carbocycles. The molecule has 0 fully saturated rings. The van der Waals surface area contributed by atoms with Crippen LogP contribution < -0.4 is 4.18 Å². The molecule has 1 unspecified atom stereocenters. The molecule has 0 heterocycles. The molecule has 1 atom stereocenters. The molecule has 0 spiro atoms. The fourth-order valence-corrected chi connectivity index (χ4v) is 4.62. The lowest BCUT2D eigenvalue weighted by Crippen LogP contribution is -2.34. The van der Waals surface area contributed by atoms with E-state index in [1.165, 1.54) is 12.1 Å². The second-order valence-corrected chi connectivity index (χ2v) is 11.1. The highest BCUT2D eigenvalue weighted by Gasteiger charge is 2.21. The van der Waals surface area contributed by atoms with Crippen molar-refractivity contribution >= 4 is 16.0 Å². The molecule has 0 N–H and O–H groups in total. The Labute approximate surface area is 196 Å². The Morgan fingerprint density at radius 2 is 1.67 bits per heavy atom. The topological polar surface area (TPSA) is 72.9 Å². The van der Waals surface area contributed by atoms with Crippen LogP contribution in [0.5, 0.6) is 5.75 Å². The summed E-state index contributed by atoms with van der Waals surface area (Å²) in [5.74, 6) is -0.0756. The Morgan fingerprint density at radius 1 is 1.06 bits per heavy atom. The highest BCUT2D eigenvalue weighted by molar-refractivity contribution is 7.87. The van der Waals surface area contributed by atoms with Gasteiger partial charge in [-0.3, -0.25) is 4.79 Å². The molecule has 0 aliphatic heterocycles. The first-order valence-corrected chi connectivity index (χ1v) is 12.4. The third-order valence-electron chi connectivity index (χ3n) is 5.01. The van der Waals surface area contributed by atoms with E-state index >= 15 is 0 Å². The van der Waals surface area contributed by atoms with E-state index in [1.807, 2.05) is 0 Å². The van der Waals surface area contributed by atoms with Gasteiger partial charge in [0.05, 0.1) is 6.61 Å². The molecule has 0 aliphatic rings. The Balaban J connectivity index is 2.05. The van der Waals surface area contributed by atoms with Gasteiger partial charge in [-0.15, -0.1) is 0 Å². The molecule has 2 aromatic rings. The van der Waals surface area contributed by atoms with Crippen LogP contribution in [0, 0.1) is 17.2 Å². The van der Waals surface area contributed by atoms with Crippen molar-refractivity contribution in [3.63, 3.8) is 0 Å².